The van der Waals surface area contributed by atoms with Gasteiger partial charge in [0.15, 0.2) is 0 Å². The van der Waals surface area contributed by atoms with Crippen molar-refractivity contribution in [3.05, 3.63) is 34.4 Å². The molecule has 0 N–H and O–H groups in total. The van der Waals surface area contributed by atoms with E-state index in [1.165, 1.54) is 12.1 Å². The Kier molecular flexibility index (Phi) is 5.50. The first kappa shape index (κ1) is 14.2. The minimum atomic E-state index is -2.33. The van der Waals surface area contributed by atoms with Crippen LogP contribution in [-0.4, -0.2) is 17.2 Å². The summed E-state index contributed by atoms with van der Waals surface area (Å²) < 4.78 is 4.13. The van der Waals surface area contributed by atoms with Gasteiger partial charge in [-0.15, -0.1) is 0 Å². The van der Waals surface area contributed by atoms with E-state index in [0.29, 0.717) is 0 Å². The summed E-state index contributed by atoms with van der Waals surface area (Å²) in [4.78, 5) is 27.8. The number of carboxylic acid groups (broad SMARTS) is 3. The number of non-ortho nitro benzene ring substituents is 1. The molecule has 0 aliphatic heterocycles. The monoisotopic (exact) mass is 242 g/mol. The molecule has 9 heteroatoms. The van der Waals surface area contributed by atoms with E-state index >= 15 is 0 Å². The highest BCUT2D eigenvalue weighted by Gasteiger charge is 2.02. The molecule has 1 aromatic carbocycles. The molecule has 0 saturated carbocycles. The minimum absolute atomic E-state index is 0.00870. The van der Waals surface area contributed by atoms with Gasteiger partial charge in [0.25, 0.3) is 11.8 Å². The maximum absolute atomic E-state index is 10.2. The first-order valence-electron chi connectivity index (χ1n) is 3.84. The van der Waals surface area contributed by atoms with E-state index in [1.54, 1.807) is 0 Å². The summed E-state index contributed by atoms with van der Waals surface area (Å²) in [6, 6.07) is 4.62. The molecule has 0 aromatic heterocycles. The summed E-state index contributed by atoms with van der Waals surface area (Å²) in [5.74, 6) is -0.00870. The number of carbonyl (C=O) groups excluding carboxylic acids is 2. The fourth-order valence-electron chi connectivity index (χ4n) is 0.732. The number of nitro groups is 1. The lowest BCUT2D eigenvalue weighted by Gasteiger charge is -2.06. The van der Waals surface area contributed by atoms with Crippen molar-refractivity contribution in [2.24, 2.45) is 0 Å². The van der Waals surface area contributed by atoms with Crippen LogP contribution in [0, 0.1) is 10.1 Å². The number of nitrogens with zero attached hydrogens (tertiary/aromatic N) is 1. The van der Waals surface area contributed by atoms with Gasteiger partial charge in [-0.25, -0.2) is 0 Å². The normalized spacial score (nSPS) is 8.47. The van der Waals surface area contributed by atoms with E-state index in [4.69, 9.17) is 15.0 Å². The van der Waals surface area contributed by atoms with Gasteiger partial charge in [-0.1, -0.05) is 0 Å². The Labute approximate surface area is 93.6 Å². The summed E-state index contributed by atoms with van der Waals surface area (Å²) in [6.45, 7) is 0. The average Bonchev–Trinajstić information content (AvgIpc) is 2.16. The van der Waals surface area contributed by atoms with Gasteiger partial charge in [0.05, 0.1) is 10.7 Å². The first-order chi connectivity index (χ1) is 7.82. The molecule has 0 heterocycles. The summed E-state index contributed by atoms with van der Waals surface area (Å²) >= 11 is 0. The zero-order valence-electron chi connectivity index (χ0n) is 8.02. The number of ether oxygens (including phenoxy) is 1. The van der Waals surface area contributed by atoms with E-state index in [2.05, 4.69) is 4.74 Å². The van der Waals surface area contributed by atoms with Crippen LogP contribution < -0.4 is 20.1 Å². The Balaban J connectivity index is 0.000000557. The molecule has 0 aliphatic carbocycles. The lowest BCUT2D eigenvalue weighted by molar-refractivity contribution is -0.415. The van der Waals surface area contributed by atoms with Gasteiger partial charge < -0.3 is 29.6 Å². The van der Waals surface area contributed by atoms with Crippen LogP contribution >= 0.6 is 0 Å². The van der Waals surface area contributed by atoms with Crippen molar-refractivity contribution in [2.75, 3.05) is 0 Å². The molecular weight excluding hydrogens is 238 g/mol. The van der Waals surface area contributed by atoms with E-state index in [1.807, 2.05) is 0 Å². The molecule has 9 nitrogen and oxygen atoms in total. The predicted molar refractivity (Wildman–Crippen MR) is 44.5 cm³/mol. The van der Waals surface area contributed by atoms with Crippen molar-refractivity contribution in [3.8, 4) is 5.75 Å². The quantitative estimate of drug-likeness (QED) is 0.246. The molecule has 0 aliphatic rings. The van der Waals surface area contributed by atoms with Gasteiger partial charge in [0.2, 0.25) is 0 Å². The zero-order chi connectivity index (χ0) is 13.4. The van der Waals surface area contributed by atoms with Crippen molar-refractivity contribution in [3.63, 3.8) is 0 Å². The molecule has 17 heavy (non-hydrogen) atoms. The van der Waals surface area contributed by atoms with Crippen LogP contribution in [-0.2, 0) is 0 Å². The predicted octanol–water partition coefficient (Wildman–Crippen LogP) is -2.13. The summed E-state index contributed by atoms with van der Waals surface area (Å²) in [6.07, 6.45) is -4.03. The fraction of sp³-hybridized carbons (Fsp3) is 0. The topological polar surface area (TPSA) is 156 Å². The Morgan fingerprint density at radius 3 is 1.76 bits per heavy atom. The molecule has 1 aromatic rings. The van der Waals surface area contributed by atoms with Crippen molar-refractivity contribution in [1.82, 2.24) is 0 Å². The van der Waals surface area contributed by atoms with Crippen LogP contribution in [0.1, 0.15) is 0 Å². The molecule has 0 atom stereocenters. The third kappa shape index (κ3) is 7.13. The summed E-state index contributed by atoms with van der Waals surface area (Å²) in [7, 11) is 0. The lowest BCUT2D eigenvalue weighted by Crippen LogP contribution is -2.37. The Hall–Kier alpha value is -2.84. The molecule has 0 radical (unpaired) electrons. The lowest BCUT2D eigenvalue weighted by atomic mass is 10.3. The highest BCUT2D eigenvalue weighted by molar-refractivity contribution is 5.59. The van der Waals surface area contributed by atoms with E-state index in [9.17, 15) is 20.0 Å². The highest BCUT2D eigenvalue weighted by atomic mass is 16.7. The van der Waals surface area contributed by atoms with Gasteiger partial charge in [-0.3, -0.25) is 10.1 Å². The van der Waals surface area contributed by atoms with Gasteiger partial charge in [0.1, 0.15) is 0 Å². The highest BCUT2D eigenvalue weighted by Crippen LogP contribution is 2.16. The molecule has 0 unspecified atom stereocenters. The number of hydrogen-bond donors (Lipinski definition) is 0. The Morgan fingerprint density at radius 1 is 1.06 bits per heavy atom. The number of nitro benzene ring substituents is 1. The minimum Gasteiger partial charge on any atom is -0.652 e. The molecular formula is C8H4NO8-3. The molecule has 92 valence electrons. The molecule has 1 rings (SSSR count). The van der Waals surface area contributed by atoms with Gasteiger partial charge in [-0.05, 0) is 18.3 Å². The fourth-order valence-corrected chi connectivity index (χ4v) is 0.732. The molecule has 0 fully saturated rings. The number of benzene rings is 1. The second kappa shape index (κ2) is 6.61. The number of hydrogen-bond acceptors (Lipinski definition) is 8. The van der Waals surface area contributed by atoms with Crippen LogP contribution in [0.5, 0.6) is 5.75 Å². The first-order valence-corrected chi connectivity index (χ1v) is 3.84. The SMILES string of the molecule is O=C([O-])Oc1ccc([N+](=O)[O-])cc1.O=C([O-])[O-]. The van der Waals surface area contributed by atoms with Crippen LogP contribution in [0.4, 0.5) is 15.3 Å². The van der Waals surface area contributed by atoms with Gasteiger partial charge in [-0.2, -0.15) is 0 Å². The second-order valence-electron chi connectivity index (χ2n) is 2.35. The maximum atomic E-state index is 10.2. The number of carbonyl (C=O) groups is 2. The van der Waals surface area contributed by atoms with E-state index in [0.717, 1.165) is 12.1 Å². The molecule has 0 amide bonds. The third-order valence-electron chi connectivity index (χ3n) is 1.25. The zero-order valence-corrected chi connectivity index (χ0v) is 8.02. The van der Waals surface area contributed by atoms with Crippen LogP contribution in [0.15, 0.2) is 24.3 Å². The van der Waals surface area contributed by atoms with Crippen molar-refractivity contribution in [2.45, 2.75) is 0 Å². The smallest absolute Gasteiger partial charge is 0.269 e. The molecule has 0 spiro atoms. The summed E-state index contributed by atoms with van der Waals surface area (Å²) in [5, 5.41) is 36.8. The Bertz CT molecular complexity index is 408. The van der Waals surface area contributed by atoms with Gasteiger partial charge in [0, 0.05) is 12.1 Å². The largest absolute Gasteiger partial charge is 0.652 e. The van der Waals surface area contributed by atoms with Crippen LogP contribution in [0.2, 0.25) is 0 Å². The Morgan fingerprint density at radius 2 is 1.47 bits per heavy atom. The van der Waals surface area contributed by atoms with Crippen LogP contribution in [0.3, 0.4) is 0 Å². The molecule has 0 saturated heterocycles. The molecule has 0 bridgehead atoms. The van der Waals surface area contributed by atoms with E-state index in [-0.39, 0.29) is 11.4 Å². The second-order valence-corrected chi connectivity index (χ2v) is 2.35. The number of rotatable bonds is 2. The maximum Gasteiger partial charge on any atom is 0.269 e. The third-order valence-corrected chi connectivity index (χ3v) is 1.25. The van der Waals surface area contributed by atoms with E-state index < -0.39 is 17.2 Å². The van der Waals surface area contributed by atoms with Crippen molar-refractivity contribution in [1.29, 1.82) is 0 Å². The summed E-state index contributed by atoms with van der Waals surface area (Å²) in [5.41, 5.74) is -0.134. The average molecular weight is 242 g/mol. The van der Waals surface area contributed by atoms with Crippen molar-refractivity contribution >= 4 is 18.0 Å². The standard InChI is InChI=1S/C7H5NO5.CH2O3/c9-7(10)13-6-3-1-5(2-4-6)8(11)12;2-1(3)4/h1-4H,(H,9,10);(H2,2,3,4)/p-3. The van der Waals surface area contributed by atoms with Gasteiger partial charge >= 0.3 is 0 Å². The van der Waals surface area contributed by atoms with Crippen molar-refractivity contribution < 1.29 is 34.6 Å². The van der Waals surface area contributed by atoms with Crippen LogP contribution in [0.25, 0.3) is 0 Å².